The first-order valence-electron chi connectivity index (χ1n) is 6.73. The van der Waals surface area contributed by atoms with Crippen LogP contribution in [0.25, 0.3) is 0 Å². The van der Waals surface area contributed by atoms with Gasteiger partial charge in [-0.2, -0.15) is 0 Å². The summed E-state index contributed by atoms with van der Waals surface area (Å²) in [4.78, 5) is 24.2. The molecule has 1 N–H and O–H groups in total. The van der Waals surface area contributed by atoms with Gasteiger partial charge in [0.05, 0.1) is 11.1 Å². The SMILES string of the molecule is CC(=O)c1ccc(OCC(=O)N[C@@H](C)c2cccs2)c(Cl)c1. The number of ketones is 1. The van der Waals surface area contributed by atoms with Gasteiger partial charge in [-0.15, -0.1) is 11.3 Å². The number of thiophene rings is 1. The fraction of sp³-hybridized carbons (Fsp3) is 0.250. The maximum atomic E-state index is 11.9. The number of ether oxygens (including phenoxy) is 1. The van der Waals surface area contributed by atoms with E-state index in [9.17, 15) is 9.59 Å². The molecule has 116 valence electrons. The van der Waals surface area contributed by atoms with E-state index in [2.05, 4.69) is 5.32 Å². The molecule has 0 saturated heterocycles. The quantitative estimate of drug-likeness (QED) is 0.814. The summed E-state index contributed by atoms with van der Waals surface area (Å²) in [5.41, 5.74) is 0.508. The highest BCUT2D eigenvalue weighted by molar-refractivity contribution is 7.10. The van der Waals surface area contributed by atoms with Crippen LogP contribution in [0.5, 0.6) is 5.75 Å². The summed E-state index contributed by atoms with van der Waals surface area (Å²) in [6, 6.07) is 8.59. The summed E-state index contributed by atoms with van der Waals surface area (Å²) >= 11 is 7.62. The number of amides is 1. The molecule has 0 bridgehead atoms. The average molecular weight is 338 g/mol. The van der Waals surface area contributed by atoms with Crippen molar-refractivity contribution in [3.63, 3.8) is 0 Å². The Morgan fingerprint density at radius 2 is 2.14 bits per heavy atom. The van der Waals surface area contributed by atoms with Crippen molar-refractivity contribution in [1.29, 1.82) is 0 Å². The monoisotopic (exact) mass is 337 g/mol. The van der Waals surface area contributed by atoms with Crippen LogP contribution in [0.15, 0.2) is 35.7 Å². The number of rotatable bonds is 6. The fourth-order valence-electron chi connectivity index (χ4n) is 1.87. The van der Waals surface area contributed by atoms with Crippen LogP contribution in [0, 0.1) is 0 Å². The van der Waals surface area contributed by atoms with Crippen LogP contribution in [0.4, 0.5) is 0 Å². The van der Waals surface area contributed by atoms with Crippen molar-refractivity contribution in [1.82, 2.24) is 5.32 Å². The maximum absolute atomic E-state index is 11.9. The van der Waals surface area contributed by atoms with E-state index >= 15 is 0 Å². The van der Waals surface area contributed by atoms with Gasteiger partial charge in [-0.3, -0.25) is 9.59 Å². The first kappa shape index (κ1) is 16.5. The van der Waals surface area contributed by atoms with Gasteiger partial charge in [-0.25, -0.2) is 0 Å². The number of nitrogens with one attached hydrogen (secondary N) is 1. The number of benzene rings is 1. The Hall–Kier alpha value is -1.85. The van der Waals surface area contributed by atoms with Gasteiger partial charge in [-0.05, 0) is 43.5 Å². The van der Waals surface area contributed by atoms with Crippen LogP contribution in [0.2, 0.25) is 5.02 Å². The lowest BCUT2D eigenvalue weighted by atomic mass is 10.1. The highest BCUT2D eigenvalue weighted by atomic mass is 35.5. The van der Waals surface area contributed by atoms with Crippen LogP contribution >= 0.6 is 22.9 Å². The third-order valence-corrected chi connectivity index (χ3v) is 4.40. The van der Waals surface area contributed by atoms with E-state index in [1.165, 1.54) is 13.0 Å². The molecular formula is C16H16ClNO3S. The second-order valence-electron chi connectivity index (χ2n) is 4.79. The first-order valence-corrected chi connectivity index (χ1v) is 7.99. The topological polar surface area (TPSA) is 55.4 Å². The Kier molecular flexibility index (Phi) is 5.57. The van der Waals surface area contributed by atoms with Gasteiger partial charge in [0, 0.05) is 10.4 Å². The lowest BCUT2D eigenvalue weighted by molar-refractivity contribution is -0.123. The zero-order valence-corrected chi connectivity index (χ0v) is 13.8. The van der Waals surface area contributed by atoms with Crippen molar-refractivity contribution in [3.05, 3.63) is 51.2 Å². The molecule has 0 aliphatic heterocycles. The van der Waals surface area contributed by atoms with Gasteiger partial charge in [0.2, 0.25) is 0 Å². The Balaban J connectivity index is 1.90. The predicted octanol–water partition coefficient (Wildman–Crippen LogP) is 3.86. The Bertz CT molecular complexity index is 670. The fourth-order valence-corrected chi connectivity index (χ4v) is 2.84. The first-order chi connectivity index (χ1) is 10.5. The smallest absolute Gasteiger partial charge is 0.258 e. The molecule has 4 nitrogen and oxygen atoms in total. The van der Waals surface area contributed by atoms with Crippen molar-refractivity contribution in [3.8, 4) is 5.75 Å². The van der Waals surface area contributed by atoms with E-state index in [4.69, 9.17) is 16.3 Å². The second-order valence-corrected chi connectivity index (χ2v) is 6.18. The van der Waals surface area contributed by atoms with E-state index in [0.717, 1.165) is 4.88 Å². The van der Waals surface area contributed by atoms with Crippen molar-refractivity contribution in [2.75, 3.05) is 6.61 Å². The third kappa shape index (κ3) is 4.32. The van der Waals surface area contributed by atoms with Gasteiger partial charge in [0.1, 0.15) is 5.75 Å². The summed E-state index contributed by atoms with van der Waals surface area (Å²) in [7, 11) is 0. The highest BCUT2D eigenvalue weighted by Gasteiger charge is 2.12. The Morgan fingerprint density at radius 1 is 1.36 bits per heavy atom. The third-order valence-electron chi connectivity index (χ3n) is 3.04. The molecule has 2 rings (SSSR count). The van der Waals surface area contributed by atoms with Crippen molar-refractivity contribution >= 4 is 34.6 Å². The summed E-state index contributed by atoms with van der Waals surface area (Å²) < 4.78 is 5.40. The molecular weight excluding hydrogens is 322 g/mol. The molecule has 0 radical (unpaired) electrons. The molecule has 0 spiro atoms. The lowest BCUT2D eigenvalue weighted by Gasteiger charge is -2.13. The van der Waals surface area contributed by atoms with Crippen LogP contribution < -0.4 is 10.1 Å². The number of halogens is 1. The summed E-state index contributed by atoms with van der Waals surface area (Å²) in [5.74, 6) is 0.0779. The standard InChI is InChI=1S/C16H16ClNO3S/c1-10(15-4-3-7-22-15)18-16(20)9-21-14-6-5-12(11(2)19)8-13(14)17/h3-8,10H,9H2,1-2H3,(H,18,20)/t10-/m0/s1. The molecule has 1 atom stereocenters. The van der Waals surface area contributed by atoms with Crippen LogP contribution in [0.1, 0.15) is 35.1 Å². The molecule has 0 saturated carbocycles. The number of Topliss-reactive ketones (excluding diaryl/α,β-unsaturated/α-hetero) is 1. The molecule has 1 aromatic heterocycles. The van der Waals surface area contributed by atoms with E-state index in [0.29, 0.717) is 16.3 Å². The van der Waals surface area contributed by atoms with Crippen LogP contribution in [0.3, 0.4) is 0 Å². The van der Waals surface area contributed by atoms with Crippen LogP contribution in [-0.4, -0.2) is 18.3 Å². The minimum atomic E-state index is -0.229. The van der Waals surface area contributed by atoms with E-state index in [1.54, 1.807) is 23.5 Å². The van der Waals surface area contributed by atoms with Gasteiger partial charge >= 0.3 is 0 Å². The minimum absolute atomic E-state index is 0.0633. The molecule has 1 amide bonds. The molecule has 0 aliphatic rings. The predicted molar refractivity (Wildman–Crippen MR) is 87.8 cm³/mol. The van der Waals surface area contributed by atoms with Crippen molar-refractivity contribution in [2.24, 2.45) is 0 Å². The maximum Gasteiger partial charge on any atom is 0.258 e. The molecule has 2 aromatic rings. The zero-order chi connectivity index (χ0) is 16.1. The lowest BCUT2D eigenvalue weighted by Crippen LogP contribution is -2.30. The number of carbonyl (C=O) groups is 2. The molecule has 1 aromatic carbocycles. The Labute approximate surface area is 138 Å². The molecule has 0 unspecified atom stereocenters. The largest absolute Gasteiger partial charge is 0.482 e. The van der Waals surface area contributed by atoms with Crippen molar-refractivity contribution < 1.29 is 14.3 Å². The zero-order valence-electron chi connectivity index (χ0n) is 12.3. The normalized spacial score (nSPS) is 11.8. The van der Waals surface area contributed by atoms with Gasteiger partial charge in [0.15, 0.2) is 12.4 Å². The highest BCUT2D eigenvalue weighted by Crippen LogP contribution is 2.25. The number of carbonyl (C=O) groups excluding carboxylic acids is 2. The van der Waals surface area contributed by atoms with E-state index < -0.39 is 0 Å². The number of hydrogen-bond acceptors (Lipinski definition) is 4. The molecule has 0 fully saturated rings. The summed E-state index contributed by atoms with van der Waals surface area (Å²) in [6.45, 7) is 3.25. The van der Waals surface area contributed by atoms with Gasteiger partial charge in [0.25, 0.3) is 5.91 Å². The molecule has 6 heteroatoms. The average Bonchev–Trinajstić information content (AvgIpc) is 3.00. The summed E-state index contributed by atoms with van der Waals surface area (Å²) in [5, 5.41) is 5.13. The molecule has 1 heterocycles. The van der Waals surface area contributed by atoms with Crippen molar-refractivity contribution in [2.45, 2.75) is 19.9 Å². The molecule has 0 aliphatic carbocycles. The molecule has 22 heavy (non-hydrogen) atoms. The van der Waals surface area contributed by atoms with E-state index in [-0.39, 0.29) is 24.3 Å². The summed E-state index contributed by atoms with van der Waals surface area (Å²) in [6.07, 6.45) is 0. The Morgan fingerprint density at radius 3 is 2.73 bits per heavy atom. The van der Waals surface area contributed by atoms with E-state index in [1.807, 2.05) is 24.4 Å². The van der Waals surface area contributed by atoms with Gasteiger partial charge in [-0.1, -0.05) is 17.7 Å². The van der Waals surface area contributed by atoms with Crippen LogP contribution in [-0.2, 0) is 4.79 Å². The van der Waals surface area contributed by atoms with Gasteiger partial charge < -0.3 is 10.1 Å². The minimum Gasteiger partial charge on any atom is -0.482 e. The number of hydrogen-bond donors (Lipinski definition) is 1. The second kappa shape index (κ2) is 7.42.